The van der Waals surface area contributed by atoms with Gasteiger partial charge >= 0.3 is 0 Å². The number of aliphatic hydroxyl groups excluding tert-OH is 1. The van der Waals surface area contributed by atoms with Gasteiger partial charge in [0.25, 0.3) is 0 Å². The monoisotopic (exact) mass is 146 g/mol. The van der Waals surface area contributed by atoms with Crippen molar-refractivity contribution in [3.63, 3.8) is 0 Å². The molecule has 1 rings (SSSR count). The molecule has 0 radical (unpaired) electrons. The number of ether oxygens (including phenoxy) is 2. The molecule has 0 amide bonds. The topological polar surface area (TPSA) is 38.7 Å². The minimum absolute atomic E-state index is 0.201. The molecule has 0 aromatic rings. The van der Waals surface area contributed by atoms with Crippen LogP contribution in [-0.4, -0.2) is 31.7 Å². The van der Waals surface area contributed by atoms with Crippen molar-refractivity contribution in [3.8, 4) is 0 Å². The lowest BCUT2D eigenvalue weighted by Gasteiger charge is -2.12. The zero-order valence-corrected chi connectivity index (χ0v) is 6.25. The van der Waals surface area contributed by atoms with Gasteiger partial charge in [0.05, 0.1) is 12.7 Å². The van der Waals surface area contributed by atoms with Crippen molar-refractivity contribution in [3.05, 3.63) is 0 Å². The Kier molecular flexibility index (Phi) is 3.12. The van der Waals surface area contributed by atoms with Gasteiger partial charge in [0.1, 0.15) is 6.79 Å². The van der Waals surface area contributed by atoms with Crippen LogP contribution in [0.4, 0.5) is 0 Å². The molecular weight excluding hydrogens is 132 g/mol. The van der Waals surface area contributed by atoms with Crippen molar-refractivity contribution >= 4 is 0 Å². The van der Waals surface area contributed by atoms with E-state index in [1.807, 2.05) is 0 Å². The van der Waals surface area contributed by atoms with Crippen LogP contribution in [0.1, 0.15) is 12.8 Å². The second kappa shape index (κ2) is 3.91. The first-order valence-corrected chi connectivity index (χ1v) is 3.60. The second-order valence-electron chi connectivity index (χ2n) is 2.61. The van der Waals surface area contributed by atoms with E-state index in [0.29, 0.717) is 12.5 Å². The lowest BCUT2D eigenvalue weighted by molar-refractivity contribution is -0.0590. The van der Waals surface area contributed by atoms with Gasteiger partial charge in [-0.15, -0.1) is 0 Å². The van der Waals surface area contributed by atoms with Gasteiger partial charge in [-0.05, 0) is 18.8 Å². The molecule has 10 heavy (non-hydrogen) atoms. The Morgan fingerprint density at radius 3 is 2.70 bits per heavy atom. The minimum Gasteiger partial charge on any atom is -0.379 e. The predicted molar refractivity (Wildman–Crippen MR) is 36.6 cm³/mol. The minimum atomic E-state index is -0.202. The summed E-state index contributed by atoms with van der Waals surface area (Å²) in [5.41, 5.74) is 0. The summed E-state index contributed by atoms with van der Waals surface area (Å²) in [5.74, 6) is 0.677. The summed E-state index contributed by atoms with van der Waals surface area (Å²) in [5, 5.41) is 8.34. The van der Waals surface area contributed by atoms with Gasteiger partial charge in [-0.1, -0.05) is 0 Å². The predicted octanol–water partition coefficient (Wildman–Crippen LogP) is 0.378. The highest BCUT2D eigenvalue weighted by Crippen LogP contribution is 2.33. The van der Waals surface area contributed by atoms with E-state index in [0.717, 1.165) is 0 Å². The van der Waals surface area contributed by atoms with E-state index in [2.05, 4.69) is 0 Å². The molecule has 1 aliphatic rings. The molecule has 0 heterocycles. The van der Waals surface area contributed by atoms with Crippen LogP contribution in [0.2, 0.25) is 0 Å². The molecule has 0 spiro atoms. The highest BCUT2D eigenvalue weighted by molar-refractivity contribution is 4.81. The molecule has 1 saturated carbocycles. The van der Waals surface area contributed by atoms with E-state index in [1.54, 1.807) is 7.11 Å². The molecule has 0 aliphatic heterocycles. The summed E-state index contributed by atoms with van der Waals surface area (Å²) < 4.78 is 9.96. The van der Waals surface area contributed by atoms with Gasteiger partial charge in [0, 0.05) is 7.11 Å². The molecule has 3 nitrogen and oxygen atoms in total. The van der Waals surface area contributed by atoms with Crippen LogP contribution in [0.5, 0.6) is 0 Å². The van der Waals surface area contributed by atoms with Crippen LogP contribution in [0, 0.1) is 5.92 Å². The average molecular weight is 146 g/mol. The largest absolute Gasteiger partial charge is 0.379 e. The Bertz CT molecular complexity index is 90.9. The fraction of sp³-hybridized carbons (Fsp3) is 1.00. The molecule has 1 unspecified atom stereocenters. The van der Waals surface area contributed by atoms with Crippen LogP contribution in [0.15, 0.2) is 0 Å². The van der Waals surface area contributed by atoms with Crippen LogP contribution >= 0.6 is 0 Å². The Morgan fingerprint density at radius 2 is 2.30 bits per heavy atom. The Morgan fingerprint density at radius 1 is 1.60 bits per heavy atom. The first kappa shape index (κ1) is 7.98. The van der Waals surface area contributed by atoms with Crippen LogP contribution < -0.4 is 0 Å². The molecule has 1 fully saturated rings. The van der Waals surface area contributed by atoms with Crippen LogP contribution in [0.25, 0.3) is 0 Å². The maximum absolute atomic E-state index is 8.34. The van der Waals surface area contributed by atoms with E-state index in [4.69, 9.17) is 14.6 Å². The first-order valence-electron chi connectivity index (χ1n) is 3.60. The van der Waals surface area contributed by atoms with Gasteiger partial charge in [-0.2, -0.15) is 0 Å². The smallest absolute Gasteiger partial charge is 0.143 e. The lowest BCUT2D eigenvalue weighted by atomic mass is 10.2. The van der Waals surface area contributed by atoms with Crippen molar-refractivity contribution in [2.75, 3.05) is 20.5 Å². The maximum Gasteiger partial charge on any atom is 0.143 e. The Labute approximate surface area is 60.9 Å². The summed E-state index contributed by atoms with van der Waals surface area (Å²) in [6, 6.07) is 0. The zero-order valence-electron chi connectivity index (χ0n) is 6.25. The van der Waals surface area contributed by atoms with Gasteiger partial charge in [-0.3, -0.25) is 0 Å². The van der Waals surface area contributed by atoms with Crippen molar-refractivity contribution < 1.29 is 14.6 Å². The first-order chi connectivity index (χ1) is 4.88. The average Bonchev–Trinajstić information content (AvgIpc) is 2.73. The van der Waals surface area contributed by atoms with E-state index >= 15 is 0 Å². The Hall–Kier alpha value is -0.120. The molecule has 1 N–H and O–H groups in total. The third-order valence-electron chi connectivity index (χ3n) is 1.82. The van der Waals surface area contributed by atoms with E-state index < -0.39 is 0 Å². The quantitative estimate of drug-likeness (QED) is 0.570. The lowest BCUT2D eigenvalue weighted by Crippen LogP contribution is -2.20. The summed E-state index contributed by atoms with van der Waals surface area (Å²) >= 11 is 0. The number of hydrogen-bond acceptors (Lipinski definition) is 3. The van der Waals surface area contributed by atoms with Crippen molar-refractivity contribution in [2.24, 2.45) is 5.92 Å². The summed E-state index contributed by atoms with van der Waals surface area (Å²) in [6.07, 6.45) is 2.69. The molecule has 0 aromatic heterocycles. The third-order valence-corrected chi connectivity index (χ3v) is 1.82. The number of rotatable bonds is 5. The number of methoxy groups -OCH3 is 1. The summed E-state index contributed by atoms with van der Waals surface area (Å²) in [6.45, 7) is 0.324. The molecule has 60 valence electrons. The van der Waals surface area contributed by atoms with E-state index in [-0.39, 0.29) is 12.9 Å². The SMILES string of the molecule is COC(COCO)C1CC1. The molecule has 1 atom stereocenters. The normalized spacial score (nSPS) is 21.0. The standard InChI is InChI=1S/C7H14O3/c1-9-7(4-10-5-8)6-2-3-6/h6-8H,2-5H2,1H3. The highest BCUT2D eigenvalue weighted by Gasteiger charge is 2.31. The number of aliphatic hydroxyl groups is 1. The van der Waals surface area contributed by atoms with Gasteiger partial charge in [0.2, 0.25) is 0 Å². The highest BCUT2D eigenvalue weighted by atomic mass is 16.6. The fourth-order valence-electron chi connectivity index (χ4n) is 1.03. The van der Waals surface area contributed by atoms with Crippen molar-refractivity contribution in [1.29, 1.82) is 0 Å². The summed E-state index contributed by atoms with van der Waals surface area (Å²) in [7, 11) is 1.68. The van der Waals surface area contributed by atoms with Gasteiger partial charge in [0.15, 0.2) is 0 Å². The second-order valence-corrected chi connectivity index (χ2v) is 2.61. The van der Waals surface area contributed by atoms with Crippen molar-refractivity contribution in [2.45, 2.75) is 18.9 Å². The molecule has 0 bridgehead atoms. The third kappa shape index (κ3) is 2.25. The van der Waals surface area contributed by atoms with E-state index in [9.17, 15) is 0 Å². The fourth-order valence-corrected chi connectivity index (χ4v) is 1.03. The molecule has 0 saturated heterocycles. The molecule has 3 heteroatoms. The number of hydrogen-bond donors (Lipinski definition) is 1. The molecular formula is C7H14O3. The Balaban J connectivity index is 2.07. The van der Waals surface area contributed by atoms with Crippen LogP contribution in [-0.2, 0) is 9.47 Å². The maximum atomic E-state index is 8.34. The van der Waals surface area contributed by atoms with Gasteiger partial charge in [-0.25, -0.2) is 0 Å². The molecule has 1 aliphatic carbocycles. The van der Waals surface area contributed by atoms with Crippen molar-refractivity contribution in [1.82, 2.24) is 0 Å². The van der Waals surface area contributed by atoms with E-state index in [1.165, 1.54) is 12.8 Å². The molecule has 0 aromatic carbocycles. The van der Waals surface area contributed by atoms with Crippen LogP contribution in [0.3, 0.4) is 0 Å². The zero-order chi connectivity index (χ0) is 7.40. The summed E-state index contributed by atoms with van der Waals surface area (Å²) in [4.78, 5) is 0. The van der Waals surface area contributed by atoms with Gasteiger partial charge < -0.3 is 14.6 Å².